The van der Waals surface area contributed by atoms with Crippen LogP contribution in [0.2, 0.25) is 0 Å². The third-order valence-electron chi connectivity index (χ3n) is 2.11. The molecule has 0 aliphatic carbocycles. The van der Waals surface area contributed by atoms with Gasteiger partial charge in [-0.15, -0.1) is 0 Å². The quantitative estimate of drug-likeness (QED) is 0.725. The van der Waals surface area contributed by atoms with Crippen LogP contribution in [-0.4, -0.2) is 40.5 Å². The Morgan fingerprint density at radius 2 is 1.89 bits per heavy atom. The fourth-order valence-electron chi connectivity index (χ4n) is 1.27. The van der Waals surface area contributed by atoms with Gasteiger partial charge in [0.15, 0.2) is 0 Å². The lowest BCUT2D eigenvalue weighted by atomic mass is 10.3. The fraction of sp³-hybridized carbons (Fsp3) is 0.400. The number of phenols is 1. The molecule has 0 aliphatic heterocycles. The fourth-order valence-corrected chi connectivity index (χ4v) is 3.06. The Hall–Kier alpha value is -1.12. The molecule has 0 fully saturated rings. The molecule has 0 aromatic heterocycles. The Morgan fingerprint density at radius 3 is 2.44 bits per heavy atom. The van der Waals surface area contributed by atoms with Crippen LogP contribution < -0.4 is 4.72 Å². The van der Waals surface area contributed by atoms with Crippen LogP contribution in [0.4, 0.5) is 0 Å². The van der Waals surface area contributed by atoms with Crippen LogP contribution in [-0.2, 0) is 19.9 Å². The first kappa shape index (κ1) is 14.9. The van der Waals surface area contributed by atoms with Crippen molar-refractivity contribution in [2.45, 2.75) is 11.3 Å². The third kappa shape index (κ3) is 5.03. The first-order valence-corrected chi connectivity index (χ1v) is 8.71. The molecule has 0 saturated carbocycles. The largest absolute Gasteiger partial charge is 0.508 e. The van der Waals surface area contributed by atoms with Crippen molar-refractivity contribution >= 4 is 19.9 Å². The molecule has 0 heterocycles. The van der Waals surface area contributed by atoms with Crippen molar-refractivity contribution < 1.29 is 21.9 Å². The van der Waals surface area contributed by atoms with Gasteiger partial charge in [-0.05, 0) is 24.6 Å². The van der Waals surface area contributed by atoms with E-state index in [2.05, 4.69) is 4.72 Å². The van der Waals surface area contributed by atoms with Gasteiger partial charge in [0, 0.05) is 12.8 Å². The summed E-state index contributed by atoms with van der Waals surface area (Å²) in [4.78, 5) is -0.0538. The van der Waals surface area contributed by atoms with Crippen LogP contribution in [0.25, 0.3) is 0 Å². The Bertz CT molecular complexity index is 607. The Kier molecular flexibility index (Phi) is 4.71. The van der Waals surface area contributed by atoms with Gasteiger partial charge in [-0.2, -0.15) is 0 Å². The Morgan fingerprint density at radius 1 is 1.22 bits per heavy atom. The molecule has 0 radical (unpaired) electrons. The number of phenolic OH excluding ortho intramolecular Hbond substituents is 1. The Labute approximate surface area is 107 Å². The van der Waals surface area contributed by atoms with E-state index < -0.39 is 19.9 Å². The van der Waals surface area contributed by atoms with Crippen molar-refractivity contribution in [2.75, 3.05) is 18.6 Å². The SMILES string of the molecule is CS(=O)(=O)CCCNS(=O)(=O)c1cccc(O)c1. The van der Waals surface area contributed by atoms with Crippen molar-refractivity contribution in [3.8, 4) is 5.75 Å². The van der Waals surface area contributed by atoms with Gasteiger partial charge < -0.3 is 5.11 Å². The monoisotopic (exact) mass is 293 g/mol. The molecule has 8 heteroatoms. The maximum atomic E-state index is 11.7. The normalized spacial score (nSPS) is 12.5. The molecule has 1 rings (SSSR count). The topological polar surface area (TPSA) is 101 Å². The first-order chi connectivity index (χ1) is 8.21. The highest BCUT2D eigenvalue weighted by molar-refractivity contribution is 7.90. The van der Waals surface area contributed by atoms with Crippen LogP contribution in [0.15, 0.2) is 29.2 Å². The molecule has 1 aromatic carbocycles. The number of aromatic hydroxyl groups is 1. The third-order valence-corrected chi connectivity index (χ3v) is 4.60. The lowest BCUT2D eigenvalue weighted by molar-refractivity contribution is 0.473. The average Bonchev–Trinajstić information content (AvgIpc) is 2.23. The van der Waals surface area contributed by atoms with Gasteiger partial charge in [-0.3, -0.25) is 0 Å². The number of hydrogen-bond acceptors (Lipinski definition) is 5. The summed E-state index contributed by atoms with van der Waals surface area (Å²) < 4.78 is 47.5. The molecule has 2 N–H and O–H groups in total. The van der Waals surface area contributed by atoms with E-state index in [-0.39, 0.29) is 29.4 Å². The smallest absolute Gasteiger partial charge is 0.240 e. The number of benzene rings is 1. The number of hydrogen-bond donors (Lipinski definition) is 2. The van der Waals surface area contributed by atoms with Crippen molar-refractivity contribution in [1.82, 2.24) is 4.72 Å². The zero-order chi connectivity index (χ0) is 13.8. The van der Waals surface area contributed by atoms with Gasteiger partial charge >= 0.3 is 0 Å². The molecule has 0 unspecified atom stereocenters. The Balaban J connectivity index is 2.61. The van der Waals surface area contributed by atoms with E-state index in [1.165, 1.54) is 18.2 Å². The van der Waals surface area contributed by atoms with Gasteiger partial charge in [0.2, 0.25) is 10.0 Å². The van der Waals surface area contributed by atoms with Crippen molar-refractivity contribution in [1.29, 1.82) is 0 Å². The van der Waals surface area contributed by atoms with Gasteiger partial charge in [-0.1, -0.05) is 6.07 Å². The standard InChI is InChI=1S/C10H15NO5S2/c1-17(13,14)7-3-6-11-18(15,16)10-5-2-4-9(12)8-10/h2,4-5,8,11-12H,3,6-7H2,1H3. The number of nitrogens with one attached hydrogen (secondary N) is 1. The van der Waals surface area contributed by atoms with Crippen LogP contribution in [0.1, 0.15) is 6.42 Å². The van der Waals surface area contributed by atoms with Gasteiger partial charge in [0.1, 0.15) is 15.6 Å². The average molecular weight is 293 g/mol. The van der Waals surface area contributed by atoms with E-state index in [0.29, 0.717) is 0 Å². The zero-order valence-electron chi connectivity index (χ0n) is 9.83. The molecular weight excluding hydrogens is 278 g/mol. The maximum Gasteiger partial charge on any atom is 0.240 e. The maximum absolute atomic E-state index is 11.7. The molecule has 102 valence electrons. The predicted molar refractivity (Wildman–Crippen MR) is 67.6 cm³/mol. The van der Waals surface area contributed by atoms with Crippen LogP contribution in [0.5, 0.6) is 5.75 Å². The molecule has 0 aliphatic rings. The minimum Gasteiger partial charge on any atom is -0.508 e. The lowest BCUT2D eigenvalue weighted by Crippen LogP contribution is -2.26. The van der Waals surface area contributed by atoms with E-state index in [9.17, 15) is 21.9 Å². The molecule has 1 aromatic rings. The summed E-state index contributed by atoms with van der Waals surface area (Å²) in [7, 11) is -6.79. The summed E-state index contributed by atoms with van der Waals surface area (Å²) >= 11 is 0. The number of sulfonamides is 1. The molecule has 6 nitrogen and oxygen atoms in total. The molecule has 0 amide bonds. The van der Waals surface area contributed by atoms with Gasteiger partial charge in [-0.25, -0.2) is 21.6 Å². The second-order valence-electron chi connectivity index (χ2n) is 3.88. The van der Waals surface area contributed by atoms with Crippen LogP contribution in [0.3, 0.4) is 0 Å². The summed E-state index contributed by atoms with van der Waals surface area (Å²) in [5.74, 6) is -0.218. The van der Waals surface area contributed by atoms with Crippen molar-refractivity contribution in [2.24, 2.45) is 0 Å². The molecular formula is C10H15NO5S2. The van der Waals surface area contributed by atoms with Crippen LogP contribution in [0, 0.1) is 0 Å². The molecule has 0 bridgehead atoms. The first-order valence-electron chi connectivity index (χ1n) is 5.17. The van der Waals surface area contributed by atoms with E-state index >= 15 is 0 Å². The predicted octanol–water partition coefficient (Wildman–Crippen LogP) is 0.105. The van der Waals surface area contributed by atoms with E-state index in [1.807, 2.05) is 0 Å². The highest BCUT2D eigenvalue weighted by Gasteiger charge is 2.14. The second kappa shape index (κ2) is 5.68. The number of sulfone groups is 1. The summed E-state index contributed by atoms with van der Waals surface area (Å²) in [6, 6.07) is 5.25. The van der Waals surface area contributed by atoms with Crippen molar-refractivity contribution in [3.05, 3.63) is 24.3 Å². The highest BCUT2D eigenvalue weighted by Crippen LogP contribution is 2.15. The molecule has 18 heavy (non-hydrogen) atoms. The van der Waals surface area contributed by atoms with Gasteiger partial charge in [0.05, 0.1) is 10.6 Å². The molecule has 0 atom stereocenters. The minimum absolute atomic E-state index is 0.0328. The van der Waals surface area contributed by atoms with E-state index in [0.717, 1.165) is 12.3 Å². The van der Waals surface area contributed by atoms with E-state index in [4.69, 9.17) is 0 Å². The molecule has 0 spiro atoms. The lowest BCUT2D eigenvalue weighted by Gasteiger charge is -2.06. The molecule has 0 saturated heterocycles. The highest BCUT2D eigenvalue weighted by atomic mass is 32.2. The summed E-state index contributed by atoms with van der Waals surface area (Å²) in [5.41, 5.74) is 0. The van der Waals surface area contributed by atoms with E-state index in [1.54, 1.807) is 0 Å². The van der Waals surface area contributed by atoms with Crippen molar-refractivity contribution in [3.63, 3.8) is 0 Å². The van der Waals surface area contributed by atoms with Crippen LogP contribution >= 0.6 is 0 Å². The minimum atomic E-state index is -3.71. The zero-order valence-corrected chi connectivity index (χ0v) is 11.5. The number of rotatable bonds is 6. The van der Waals surface area contributed by atoms with Gasteiger partial charge in [0.25, 0.3) is 0 Å². The summed E-state index contributed by atoms with van der Waals surface area (Å²) in [5, 5.41) is 9.18. The summed E-state index contributed by atoms with van der Waals surface area (Å²) in [6.45, 7) is 0.0328. The summed E-state index contributed by atoms with van der Waals surface area (Å²) in [6.07, 6.45) is 1.30. The second-order valence-corrected chi connectivity index (χ2v) is 7.91.